The molecule has 0 aliphatic heterocycles. The van der Waals surface area contributed by atoms with Crippen LogP contribution in [0.2, 0.25) is 0 Å². The fourth-order valence-electron chi connectivity index (χ4n) is 3.26. The van der Waals surface area contributed by atoms with Crippen LogP contribution in [-0.2, 0) is 37.4 Å². The number of carbonyl (C=O) groups is 2. The number of furan rings is 1. The quantitative estimate of drug-likeness (QED) is 0.171. The fourth-order valence-corrected chi connectivity index (χ4v) is 4.65. The largest absolute Gasteiger partial charge is 0.459 e. The second-order valence-electron chi connectivity index (χ2n) is 8.32. The van der Waals surface area contributed by atoms with Gasteiger partial charge in [0.1, 0.15) is 11.5 Å². The first-order valence-electron chi connectivity index (χ1n) is 11.5. The van der Waals surface area contributed by atoms with Gasteiger partial charge in [0.05, 0.1) is 24.3 Å². The number of rotatable bonds is 11. The Morgan fingerprint density at radius 1 is 0.946 bits per heavy atom. The first kappa shape index (κ1) is 27.8. The molecule has 3 aromatic rings. The fraction of sp³-hybridized carbons (Fsp3) is 0.269. The summed E-state index contributed by atoms with van der Waals surface area (Å²) in [6.07, 6.45) is 1.22. The number of amides is 2. The smallest absolute Gasteiger partial charge is 0.329 e. The number of methoxy groups -OCH3 is 1. The van der Waals surface area contributed by atoms with Crippen molar-refractivity contribution in [1.29, 1.82) is 0 Å². The topological polar surface area (TPSA) is 130 Å². The van der Waals surface area contributed by atoms with E-state index >= 15 is 0 Å². The molecule has 0 aliphatic carbocycles. The summed E-state index contributed by atoms with van der Waals surface area (Å²) in [5.41, 5.74) is 4.97. The summed E-state index contributed by atoms with van der Waals surface area (Å²) in [6.45, 7) is 4.45. The minimum absolute atomic E-state index is 0.0216. The Morgan fingerprint density at radius 2 is 1.59 bits per heavy atom. The number of carbonyl (C=O) groups excluding carboxylic acids is 2. The minimum Gasteiger partial charge on any atom is -0.459 e. The van der Waals surface area contributed by atoms with Crippen molar-refractivity contribution in [2.45, 2.75) is 31.8 Å². The normalized spacial score (nSPS) is 11.7. The lowest BCUT2D eigenvalue weighted by Crippen LogP contribution is -2.39. The molecule has 2 aromatic carbocycles. The van der Waals surface area contributed by atoms with Crippen LogP contribution in [0.3, 0.4) is 0 Å². The Balaban J connectivity index is 1.72. The highest BCUT2D eigenvalue weighted by atomic mass is 32.2. The molecule has 3 rings (SSSR count). The molecular formula is C26H30N4O6S. The summed E-state index contributed by atoms with van der Waals surface area (Å²) >= 11 is 0. The van der Waals surface area contributed by atoms with Gasteiger partial charge in [-0.25, -0.2) is 13.8 Å². The molecule has 0 saturated carbocycles. The molecule has 0 bridgehead atoms. The van der Waals surface area contributed by atoms with Gasteiger partial charge in [-0.2, -0.15) is 9.41 Å². The molecule has 0 saturated heterocycles. The van der Waals surface area contributed by atoms with Crippen molar-refractivity contribution in [3.05, 3.63) is 88.9 Å². The Labute approximate surface area is 216 Å². The molecule has 1 heterocycles. The van der Waals surface area contributed by atoms with Gasteiger partial charge in [0.15, 0.2) is 0 Å². The van der Waals surface area contributed by atoms with E-state index in [1.54, 1.807) is 36.4 Å². The van der Waals surface area contributed by atoms with Gasteiger partial charge in [-0.05, 0) is 43.7 Å². The Hall–Kier alpha value is -3.80. The van der Waals surface area contributed by atoms with Crippen LogP contribution in [0.5, 0.6) is 0 Å². The maximum atomic E-state index is 13.5. The molecule has 0 radical (unpaired) electrons. The van der Waals surface area contributed by atoms with Crippen molar-refractivity contribution in [2.75, 3.05) is 20.3 Å². The average Bonchev–Trinajstić information content (AvgIpc) is 3.32. The van der Waals surface area contributed by atoms with Gasteiger partial charge >= 0.3 is 11.8 Å². The second kappa shape index (κ2) is 12.9. The highest BCUT2D eigenvalue weighted by Crippen LogP contribution is 2.22. The lowest BCUT2D eigenvalue weighted by Gasteiger charge is -2.21. The van der Waals surface area contributed by atoms with E-state index in [2.05, 4.69) is 15.8 Å². The van der Waals surface area contributed by atoms with Crippen LogP contribution in [0.4, 0.5) is 0 Å². The summed E-state index contributed by atoms with van der Waals surface area (Å²) in [4.78, 5) is 23.6. The summed E-state index contributed by atoms with van der Waals surface area (Å²) in [5, 5.41) is 6.10. The van der Waals surface area contributed by atoms with Gasteiger partial charge in [-0.3, -0.25) is 9.59 Å². The number of ether oxygens (including phenoxy) is 1. The molecule has 0 unspecified atom stereocenters. The van der Waals surface area contributed by atoms with Crippen LogP contribution < -0.4 is 10.7 Å². The molecule has 0 aliphatic rings. The van der Waals surface area contributed by atoms with Crippen LogP contribution in [-0.4, -0.2) is 51.0 Å². The SMILES string of the molecule is COCCNC(=O)C(=O)N/N=C/c1ccc(CN(Cc2ccc(C)cc2)S(=O)(=O)c2ccc(C)cc2)o1. The lowest BCUT2D eigenvalue weighted by atomic mass is 10.1. The first-order valence-corrected chi connectivity index (χ1v) is 12.9. The Morgan fingerprint density at radius 3 is 2.24 bits per heavy atom. The summed E-state index contributed by atoms with van der Waals surface area (Å²) in [7, 11) is -2.35. The van der Waals surface area contributed by atoms with E-state index in [1.165, 1.54) is 17.6 Å². The third-order valence-electron chi connectivity index (χ3n) is 5.31. The number of nitrogens with one attached hydrogen (secondary N) is 2. The highest BCUT2D eigenvalue weighted by molar-refractivity contribution is 7.89. The van der Waals surface area contributed by atoms with E-state index in [0.29, 0.717) is 5.76 Å². The molecule has 0 fully saturated rings. The predicted molar refractivity (Wildman–Crippen MR) is 138 cm³/mol. The van der Waals surface area contributed by atoms with Gasteiger partial charge in [0, 0.05) is 20.2 Å². The zero-order valence-electron chi connectivity index (χ0n) is 20.9. The zero-order valence-corrected chi connectivity index (χ0v) is 21.7. The summed E-state index contributed by atoms with van der Waals surface area (Å²) in [6, 6.07) is 17.5. The van der Waals surface area contributed by atoms with Gasteiger partial charge in [0.2, 0.25) is 10.0 Å². The number of nitrogens with zero attached hydrogens (tertiary/aromatic N) is 2. The Kier molecular flexibility index (Phi) is 9.72. The van der Waals surface area contributed by atoms with E-state index in [9.17, 15) is 18.0 Å². The van der Waals surface area contributed by atoms with Gasteiger partial charge in [-0.1, -0.05) is 47.5 Å². The van der Waals surface area contributed by atoms with Crippen LogP contribution in [0.1, 0.15) is 28.2 Å². The monoisotopic (exact) mass is 526 g/mol. The van der Waals surface area contributed by atoms with E-state index < -0.39 is 21.8 Å². The van der Waals surface area contributed by atoms with Crippen LogP contribution in [0, 0.1) is 13.8 Å². The van der Waals surface area contributed by atoms with Gasteiger partial charge in [0.25, 0.3) is 0 Å². The van der Waals surface area contributed by atoms with Crippen LogP contribution in [0.25, 0.3) is 0 Å². The number of benzene rings is 2. The lowest BCUT2D eigenvalue weighted by molar-refractivity contribution is -0.139. The molecule has 2 N–H and O–H groups in total. The number of aryl methyl sites for hydroxylation is 2. The molecule has 1 aromatic heterocycles. The Bertz CT molecular complexity index is 1330. The molecule has 0 atom stereocenters. The zero-order chi connectivity index (χ0) is 26.8. The third kappa shape index (κ3) is 8.10. The van der Waals surface area contributed by atoms with E-state index in [4.69, 9.17) is 9.15 Å². The average molecular weight is 527 g/mol. The number of hydrogen-bond donors (Lipinski definition) is 2. The van der Waals surface area contributed by atoms with E-state index in [-0.39, 0.29) is 36.9 Å². The standard InChI is InChI=1S/C26H30N4O6S/c1-19-4-8-21(9-5-19)17-30(37(33,34)24-12-6-20(2)7-13-24)18-23-11-10-22(36-23)16-28-29-26(32)25(31)27-14-15-35-3/h4-13,16H,14-15,17-18H2,1-3H3,(H,27,31)(H,29,32)/b28-16+. The minimum atomic E-state index is -3.83. The van der Waals surface area contributed by atoms with Crippen molar-refractivity contribution < 1.29 is 27.2 Å². The van der Waals surface area contributed by atoms with Crippen molar-refractivity contribution in [1.82, 2.24) is 15.0 Å². The molecule has 37 heavy (non-hydrogen) atoms. The first-order chi connectivity index (χ1) is 17.7. The van der Waals surface area contributed by atoms with Crippen molar-refractivity contribution in [3.63, 3.8) is 0 Å². The molecule has 196 valence electrons. The second-order valence-corrected chi connectivity index (χ2v) is 10.3. The molecule has 10 nitrogen and oxygen atoms in total. The maximum absolute atomic E-state index is 13.5. The van der Waals surface area contributed by atoms with Gasteiger partial charge in [-0.15, -0.1) is 0 Å². The molecule has 0 spiro atoms. The van der Waals surface area contributed by atoms with Crippen LogP contribution in [0.15, 0.2) is 75.1 Å². The highest BCUT2D eigenvalue weighted by Gasteiger charge is 2.26. The number of sulfonamides is 1. The van der Waals surface area contributed by atoms with Crippen molar-refractivity contribution >= 4 is 28.1 Å². The number of hydrazone groups is 1. The third-order valence-corrected chi connectivity index (χ3v) is 7.11. The molecule has 2 amide bonds. The molecule has 11 heteroatoms. The predicted octanol–water partition coefficient (Wildman–Crippen LogP) is 2.50. The van der Waals surface area contributed by atoms with Crippen molar-refractivity contribution in [2.24, 2.45) is 5.10 Å². The van der Waals surface area contributed by atoms with Crippen LogP contribution >= 0.6 is 0 Å². The summed E-state index contributed by atoms with van der Waals surface area (Å²) < 4.78 is 38.9. The summed E-state index contributed by atoms with van der Waals surface area (Å²) in [5.74, 6) is -1.12. The maximum Gasteiger partial charge on any atom is 0.329 e. The number of hydrogen-bond acceptors (Lipinski definition) is 7. The van der Waals surface area contributed by atoms with E-state index in [1.807, 2.05) is 38.1 Å². The van der Waals surface area contributed by atoms with Gasteiger partial charge < -0.3 is 14.5 Å². The van der Waals surface area contributed by atoms with Crippen molar-refractivity contribution in [3.8, 4) is 0 Å². The van der Waals surface area contributed by atoms with E-state index in [0.717, 1.165) is 16.7 Å². The molecular weight excluding hydrogens is 496 g/mol.